The average Bonchev–Trinajstić information content (AvgIpc) is 2.73. The van der Waals surface area contributed by atoms with Crippen LogP contribution in [0.25, 0.3) is 0 Å². The summed E-state index contributed by atoms with van der Waals surface area (Å²) in [5, 5.41) is 2.59. The molecule has 1 aliphatic rings. The van der Waals surface area contributed by atoms with Crippen LogP contribution in [0, 0.1) is 0 Å². The molecule has 7 heteroatoms. The number of anilines is 1. The van der Waals surface area contributed by atoms with E-state index in [1.165, 1.54) is 0 Å². The molecule has 3 aromatic rings. The predicted molar refractivity (Wildman–Crippen MR) is 103 cm³/mol. The van der Waals surface area contributed by atoms with E-state index in [0.29, 0.717) is 17.2 Å². The van der Waals surface area contributed by atoms with Crippen LogP contribution in [0.5, 0.6) is 11.5 Å². The van der Waals surface area contributed by atoms with Gasteiger partial charge in [-0.1, -0.05) is 54.6 Å². The smallest absolute Gasteiger partial charge is 0.427 e. The normalized spacial score (nSPS) is 12.0. The Morgan fingerprint density at radius 3 is 1.96 bits per heavy atom. The molecule has 0 spiro atoms. The fourth-order valence-corrected chi connectivity index (χ4v) is 2.92. The number of rotatable bonds is 2. The number of hydrogen-bond acceptors (Lipinski definition) is 4. The van der Waals surface area contributed by atoms with E-state index in [2.05, 4.69) is 16.2 Å². The second kappa shape index (κ2) is 7.71. The van der Waals surface area contributed by atoms with Gasteiger partial charge in [0.2, 0.25) is 0 Å². The van der Waals surface area contributed by atoms with E-state index in [1.54, 1.807) is 24.3 Å². The number of nitrogens with one attached hydrogen (secondary N) is 3. The lowest BCUT2D eigenvalue weighted by Crippen LogP contribution is -2.44. The number of urea groups is 1. The second-order valence-corrected chi connectivity index (χ2v) is 6.03. The fourth-order valence-electron chi connectivity index (χ4n) is 2.92. The van der Waals surface area contributed by atoms with Gasteiger partial charge < -0.3 is 14.8 Å². The molecule has 140 valence electrons. The largest absolute Gasteiger partial charge is 0.456 e. The molecule has 0 saturated carbocycles. The van der Waals surface area contributed by atoms with Crippen LogP contribution in [0.2, 0.25) is 0 Å². The van der Waals surface area contributed by atoms with Crippen molar-refractivity contribution < 1.29 is 19.1 Å². The molecule has 7 nitrogen and oxygen atoms in total. The number of para-hydroxylation sites is 3. The van der Waals surface area contributed by atoms with Crippen molar-refractivity contribution in [2.24, 2.45) is 0 Å². The predicted octanol–water partition coefficient (Wildman–Crippen LogP) is 4.34. The maximum Gasteiger partial charge on any atom is 0.427 e. The Kier molecular flexibility index (Phi) is 4.79. The van der Waals surface area contributed by atoms with Gasteiger partial charge in [0.15, 0.2) is 6.10 Å². The van der Waals surface area contributed by atoms with Gasteiger partial charge in [0.05, 0.1) is 0 Å². The summed E-state index contributed by atoms with van der Waals surface area (Å²) in [5.41, 5.74) is 6.56. The molecule has 3 aromatic carbocycles. The van der Waals surface area contributed by atoms with Crippen molar-refractivity contribution in [3.05, 3.63) is 90.0 Å². The summed E-state index contributed by atoms with van der Waals surface area (Å²) >= 11 is 0. The number of amides is 3. The molecule has 0 fully saturated rings. The molecule has 0 aliphatic carbocycles. The Bertz CT molecular complexity index is 962. The van der Waals surface area contributed by atoms with Crippen molar-refractivity contribution >= 4 is 17.8 Å². The van der Waals surface area contributed by atoms with Crippen LogP contribution in [0.1, 0.15) is 17.2 Å². The maximum absolute atomic E-state index is 12.3. The third-order valence-corrected chi connectivity index (χ3v) is 4.16. The van der Waals surface area contributed by atoms with E-state index in [1.807, 2.05) is 54.6 Å². The topological polar surface area (TPSA) is 88.7 Å². The Morgan fingerprint density at radius 1 is 0.750 bits per heavy atom. The van der Waals surface area contributed by atoms with E-state index >= 15 is 0 Å². The number of carbonyl (C=O) groups is 2. The zero-order valence-corrected chi connectivity index (χ0v) is 14.7. The summed E-state index contributed by atoms with van der Waals surface area (Å²) in [5.74, 6) is 1.24. The highest BCUT2D eigenvalue weighted by atomic mass is 16.6. The van der Waals surface area contributed by atoms with Gasteiger partial charge in [-0.3, -0.25) is 0 Å². The maximum atomic E-state index is 12.3. The third-order valence-electron chi connectivity index (χ3n) is 4.16. The zero-order valence-electron chi connectivity index (χ0n) is 14.7. The molecule has 3 N–H and O–H groups in total. The van der Waals surface area contributed by atoms with Crippen molar-refractivity contribution in [3.8, 4) is 11.5 Å². The highest BCUT2D eigenvalue weighted by molar-refractivity contribution is 5.90. The molecule has 0 unspecified atom stereocenters. The molecule has 1 aliphatic heterocycles. The highest BCUT2D eigenvalue weighted by Gasteiger charge is 2.30. The molecule has 0 atom stereocenters. The van der Waals surface area contributed by atoms with Crippen LogP contribution < -0.4 is 20.9 Å². The minimum Gasteiger partial charge on any atom is -0.456 e. The van der Waals surface area contributed by atoms with E-state index in [-0.39, 0.29) is 0 Å². The molecule has 0 aromatic heterocycles. The summed E-state index contributed by atoms with van der Waals surface area (Å²) in [6.07, 6.45) is -1.44. The van der Waals surface area contributed by atoms with Crippen LogP contribution in [0.15, 0.2) is 78.9 Å². The van der Waals surface area contributed by atoms with Gasteiger partial charge in [0, 0.05) is 16.8 Å². The minimum absolute atomic E-state index is 0.587. The standard InChI is InChI=1S/C21H17N3O4/c25-20(22-14-8-2-1-3-9-14)23-24-21(26)28-19-15-10-4-6-12-17(15)27-18-13-7-5-11-16(18)19/h1-13,19H,(H,24,26)(H2,22,23,25). The van der Waals surface area contributed by atoms with Crippen LogP contribution in [0.4, 0.5) is 15.3 Å². The first-order valence-electron chi connectivity index (χ1n) is 8.65. The molecule has 4 rings (SSSR count). The van der Waals surface area contributed by atoms with Gasteiger partial charge >= 0.3 is 12.1 Å². The van der Waals surface area contributed by atoms with Crippen molar-refractivity contribution in [2.45, 2.75) is 6.10 Å². The first-order chi connectivity index (χ1) is 13.7. The number of hydrazine groups is 1. The van der Waals surface area contributed by atoms with Crippen molar-refractivity contribution in [1.29, 1.82) is 0 Å². The average molecular weight is 375 g/mol. The Hall–Kier alpha value is -4.00. The summed E-state index contributed by atoms with van der Waals surface area (Å²) in [4.78, 5) is 24.2. The molecule has 0 radical (unpaired) electrons. The van der Waals surface area contributed by atoms with E-state index in [9.17, 15) is 9.59 Å². The van der Waals surface area contributed by atoms with Crippen LogP contribution in [-0.2, 0) is 4.74 Å². The fraction of sp³-hybridized carbons (Fsp3) is 0.0476. The van der Waals surface area contributed by atoms with E-state index in [4.69, 9.17) is 9.47 Å². The minimum atomic E-state index is -0.792. The van der Waals surface area contributed by atoms with Gasteiger partial charge in [-0.25, -0.2) is 20.4 Å². The number of fused-ring (bicyclic) bond motifs is 2. The summed E-state index contributed by atoms with van der Waals surface area (Å²) < 4.78 is 11.4. The lowest BCUT2D eigenvalue weighted by Gasteiger charge is -2.27. The number of hydrogen-bond donors (Lipinski definition) is 3. The first kappa shape index (κ1) is 17.4. The molecule has 0 bridgehead atoms. The third kappa shape index (κ3) is 3.73. The molecule has 28 heavy (non-hydrogen) atoms. The molecule has 1 heterocycles. The lowest BCUT2D eigenvalue weighted by atomic mass is 9.97. The van der Waals surface area contributed by atoms with Crippen molar-refractivity contribution in [3.63, 3.8) is 0 Å². The van der Waals surface area contributed by atoms with Crippen molar-refractivity contribution in [2.75, 3.05) is 5.32 Å². The van der Waals surface area contributed by atoms with E-state index < -0.39 is 18.2 Å². The van der Waals surface area contributed by atoms with Gasteiger partial charge in [-0.05, 0) is 24.3 Å². The van der Waals surface area contributed by atoms with Crippen LogP contribution >= 0.6 is 0 Å². The Balaban J connectivity index is 1.42. The summed E-state index contributed by atoms with van der Waals surface area (Å²) in [6.45, 7) is 0. The molecular formula is C21H17N3O4. The molecule has 3 amide bonds. The SMILES string of the molecule is O=C(NNC(=O)OC1c2ccccc2Oc2ccccc21)Nc1ccccc1. The highest BCUT2D eigenvalue weighted by Crippen LogP contribution is 2.44. The van der Waals surface area contributed by atoms with E-state index in [0.717, 1.165) is 11.1 Å². The second-order valence-electron chi connectivity index (χ2n) is 6.03. The lowest BCUT2D eigenvalue weighted by molar-refractivity contribution is 0.108. The van der Waals surface area contributed by atoms with Gasteiger partial charge in [0.1, 0.15) is 11.5 Å². The molecular weight excluding hydrogens is 358 g/mol. The number of carbonyl (C=O) groups excluding carboxylic acids is 2. The number of ether oxygens (including phenoxy) is 2. The molecule has 0 saturated heterocycles. The van der Waals surface area contributed by atoms with Crippen molar-refractivity contribution in [1.82, 2.24) is 10.9 Å². The monoisotopic (exact) mass is 375 g/mol. The summed E-state index contributed by atoms with van der Waals surface area (Å²) in [6, 6.07) is 23.0. The zero-order chi connectivity index (χ0) is 19.3. The van der Waals surface area contributed by atoms with Crippen LogP contribution in [0.3, 0.4) is 0 Å². The van der Waals surface area contributed by atoms with Gasteiger partial charge in [0.25, 0.3) is 0 Å². The first-order valence-corrected chi connectivity index (χ1v) is 8.65. The van der Waals surface area contributed by atoms with Gasteiger partial charge in [-0.2, -0.15) is 0 Å². The Labute approximate surface area is 161 Å². The van der Waals surface area contributed by atoms with Crippen LogP contribution in [-0.4, -0.2) is 12.1 Å². The number of benzene rings is 3. The quantitative estimate of drug-likeness (QED) is 0.581. The Morgan fingerprint density at radius 2 is 1.32 bits per heavy atom. The van der Waals surface area contributed by atoms with Gasteiger partial charge in [-0.15, -0.1) is 0 Å². The summed E-state index contributed by atoms with van der Waals surface area (Å²) in [7, 11) is 0.